The van der Waals surface area contributed by atoms with Crippen LogP contribution in [0.15, 0.2) is 30.3 Å². The number of hydrogen-bond acceptors (Lipinski definition) is 3. The smallest absolute Gasteiger partial charge is 0.0929 e. The van der Waals surface area contributed by atoms with Crippen molar-refractivity contribution in [2.45, 2.75) is 6.61 Å². The summed E-state index contributed by atoms with van der Waals surface area (Å²) in [6, 6.07) is 9.52. The Balaban J connectivity index is 2.67. The number of aromatic nitrogens is 2. The summed E-state index contributed by atoms with van der Waals surface area (Å²) in [5, 5.41) is 17.6. The molecular weight excluding hydrogens is 152 g/mol. The molecule has 0 atom stereocenters. The van der Waals surface area contributed by atoms with Crippen molar-refractivity contribution in [1.29, 1.82) is 0 Å². The van der Waals surface area contributed by atoms with Gasteiger partial charge in [-0.15, -0.1) is 0 Å². The number of nitrogens with zero attached hydrogens (tertiary/aromatic N) is 2. The van der Waals surface area contributed by atoms with Gasteiger partial charge in [0, 0.05) is 5.39 Å². The number of aliphatic hydroxyl groups excluding tert-OH is 1. The van der Waals surface area contributed by atoms with Gasteiger partial charge in [0.1, 0.15) is 0 Å². The molecule has 2 aromatic rings. The monoisotopic (exact) mass is 160 g/mol. The third-order valence-corrected chi connectivity index (χ3v) is 1.71. The molecule has 1 aromatic heterocycles. The summed E-state index contributed by atoms with van der Waals surface area (Å²) < 4.78 is 0. The first-order valence-corrected chi connectivity index (χ1v) is 3.72. The molecular formula is C9H8N2O. The highest BCUT2D eigenvalue weighted by molar-refractivity contribution is 5.77. The minimum absolute atomic E-state index is 0.0577. The minimum Gasteiger partial charge on any atom is -0.390 e. The molecule has 12 heavy (non-hydrogen) atoms. The van der Waals surface area contributed by atoms with Gasteiger partial charge < -0.3 is 5.11 Å². The van der Waals surface area contributed by atoms with Gasteiger partial charge in [-0.1, -0.05) is 18.2 Å². The summed E-state index contributed by atoms with van der Waals surface area (Å²) in [6.07, 6.45) is 0. The lowest BCUT2D eigenvalue weighted by Crippen LogP contribution is -1.92. The van der Waals surface area contributed by atoms with E-state index in [1.54, 1.807) is 0 Å². The quantitative estimate of drug-likeness (QED) is 0.680. The number of aliphatic hydroxyl groups is 1. The van der Waals surface area contributed by atoms with E-state index < -0.39 is 0 Å². The molecule has 3 heteroatoms. The lowest BCUT2D eigenvalue weighted by atomic mass is 10.2. The molecule has 1 heterocycles. The highest BCUT2D eigenvalue weighted by Crippen LogP contribution is 2.10. The number of fused-ring (bicyclic) bond motifs is 1. The molecule has 60 valence electrons. The second-order valence-corrected chi connectivity index (χ2v) is 2.55. The lowest BCUT2D eigenvalue weighted by Gasteiger charge is -1.96. The van der Waals surface area contributed by atoms with E-state index in [-0.39, 0.29) is 6.61 Å². The number of hydrogen-bond donors (Lipinski definition) is 1. The molecule has 3 nitrogen and oxygen atoms in total. The van der Waals surface area contributed by atoms with E-state index in [9.17, 15) is 0 Å². The van der Waals surface area contributed by atoms with Crippen LogP contribution in [0.5, 0.6) is 0 Å². The summed E-state index contributed by atoms with van der Waals surface area (Å²) in [6.45, 7) is -0.0577. The van der Waals surface area contributed by atoms with Crippen LogP contribution in [-0.4, -0.2) is 15.3 Å². The average Bonchev–Trinajstić information content (AvgIpc) is 2.17. The maximum absolute atomic E-state index is 8.79. The van der Waals surface area contributed by atoms with Crippen molar-refractivity contribution >= 4 is 10.9 Å². The summed E-state index contributed by atoms with van der Waals surface area (Å²) in [5.41, 5.74) is 1.46. The zero-order valence-electron chi connectivity index (χ0n) is 6.44. The Labute approximate surface area is 69.7 Å². The van der Waals surface area contributed by atoms with Crippen LogP contribution in [0, 0.1) is 0 Å². The van der Waals surface area contributed by atoms with Crippen LogP contribution in [0.4, 0.5) is 0 Å². The normalized spacial score (nSPS) is 10.4. The summed E-state index contributed by atoms with van der Waals surface area (Å²) in [7, 11) is 0. The topological polar surface area (TPSA) is 46.0 Å². The van der Waals surface area contributed by atoms with Gasteiger partial charge in [-0.3, -0.25) is 0 Å². The predicted octanol–water partition coefficient (Wildman–Crippen LogP) is 1.12. The first-order chi connectivity index (χ1) is 5.90. The summed E-state index contributed by atoms with van der Waals surface area (Å²) in [4.78, 5) is 0. The Hall–Kier alpha value is -1.48. The maximum Gasteiger partial charge on any atom is 0.0929 e. The van der Waals surface area contributed by atoms with E-state index in [1.807, 2.05) is 30.3 Å². The van der Waals surface area contributed by atoms with Gasteiger partial charge in [0.15, 0.2) is 0 Å². The van der Waals surface area contributed by atoms with E-state index in [0.29, 0.717) is 5.69 Å². The molecule has 0 fully saturated rings. The highest BCUT2D eigenvalue weighted by Gasteiger charge is 1.95. The molecule has 0 bridgehead atoms. The predicted molar refractivity (Wildman–Crippen MR) is 45.5 cm³/mol. The van der Waals surface area contributed by atoms with Crippen LogP contribution in [0.25, 0.3) is 10.9 Å². The van der Waals surface area contributed by atoms with Gasteiger partial charge >= 0.3 is 0 Å². The van der Waals surface area contributed by atoms with Gasteiger partial charge in [-0.25, -0.2) is 0 Å². The van der Waals surface area contributed by atoms with Gasteiger partial charge in [0.05, 0.1) is 17.8 Å². The fraction of sp³-hybridized carbons (Fsp3) is 0.111. The van der Waals surface area contributed by atoms with E-state index >= 15 is 0 Å². The maximum atomic E-state index is 8.79. The third-order valence-electron chi connectivity index (χ3n) is 1.71. The van der Waals surface area contributed by atoms with Gasteiger partial charge in [0.25, 0.3) is 0 Å². The van der Waals surface area contributed by atoms with Gasteiger partial charge in [-0.05, 0) is 12.1 Å². The standard InChI is InChI=1S/C9H8N2O/c12-6-8-5-7-3-1-2-4-9(7)11-10-8/h1-5,12H,6H2. The Bertz CT molecular complexity index is 400. The van der Waals surface area contributed by atoms with Crippen molar-refractivity contribution in [3.63, 3.8) is 0 Å². The molecule has 0 aliphatic carbocycles. The van der Waals surface area contributed by atoms with Gasteiger partial charge in [0.2, 0.25) is 0 Å². The Morgan fingerprint density at radius 1 is 1.17 bits per heavy atom. The Morgan fingerprint density at radius 2 is 2.00 bits per heavy atom. The van der Waals surface area contributed by atoms with Crippen LogP contribution in [0.1, 0.15) is 5.69 Å². The molecule has 0 aliphatic rings. The Morgan fingerprint density at radius 3 is 2.83 bits per heavy atom. The van der Waals surface area contributed by atoms with Crippen molar-refractivity contribution in [2.75, 3.05) is 0 Å². The van der Waals surface area contributed by atoms with Crippen molar-refractivity contribution in [1.82, 2.24) is 10.2 Å². The van der Waals surface area contributed by atoms with Crippen LogP contribution in [-0.2, 0) is 6.61 Å². The fourth-order valence-corrected chi connectivity index (χ4v) is 1.10. The molecule has 0 spiro atoms. The Kier molecular flexibility index (Phi) is 1.72. The van der Waals surface area contributed by atoms with E-state index in [1.165, 1.54) is 0 Å². The van der Waals surface area contributed by atoms with Gasteiger partial charge in [-0.2, -0.15) is 10.2 Å². The average molecular weight is 160 g/mol. The zero-order valence-corrected chi connectivity index (χ0v) is 6.44. The van der Waals surface area contributed by atoms with Crippen LogP contribution >= 0.6 is 0 Å². The third kappa shape index (κ3) is 1.14. The van der Waals surface area contributed by atoms with Crippen LogP contribution < -0.4 is 0 Å². The molecule has 1 N–H and O–H groups in total. The molecule has 0 amide bonds. The molecule has 0 radical (unpaired) electrons. The zero-order chi connectivity index (χ0) is 8.39. The molecule has 0 saturated heterocycles. The summed E-state index contributed by atoms with van der Waals surface area (Å²) in [5.74, 6) is 0. The van der Waals surface area contributed by atoms with E-state index in [0.717, 1.165) is 10.9 Å². The van der Waals surface area contributed by atoms with Crippen molar-refractivity contribution < 1.29 is 5.11 Å². The van der Waals surface area contributed by atoms with E-state index in [2.05, 4.69) is 10.2 Å². The van der Waals surface area contributed by atoms with Crippen molar-refractivity contribution in [3.8, 4) is 0 Å². The van der Waals surface area contributed by atoms with E-state index in [4.69, 9.17) is 5.11 Å². The van der Waals surface area contributed by atoms with Crippen LogP contribution in [0.3, 0.4) is 0 Å². The molecule has 1 aromatic carbocycles. The minimum atomic E-state index is -0.0577. The fourth-order valence-electron chi connectivity index (χ4n) is 1.10. The molecule has 2 rings (SSSR count). The first-order valence-electron chi connectivity index (χ1n) is 3.72. The number of benzene rings is 1. The van der Waals surface area contributed by atoms with Crippen LogP contribution in [0.2, 0.25) is 0 Å². The largest absolute Gasteiger partial charge is 0.390 e. The first kappa shape index (κ1) is 7.18. The second kappa shape index (κ2) is 2.87. The number of rotatable bonds is 1. The highest BCUT2D eigenvalue weighted by atomic mass is 16.3. The van der Waals surface area contributed by atoms with Crippen molar-refractivity contribution in [2.24, 2.45) is 0 Å². The van der Waals surface area contributed by atoms with Crippen molar-refractivity contribution in [3.05, 3.63) is 36.0 Å². The molecule has 0 saturated carbocycles. The lowest BCUT2D eigenvalue weighted by molar-refractivity contribution is 0.276. The molecule has 0 unspecified atom stereocenters. The second-order valence-electron chi connectivity index (χ2n) is 2.55. The SMILES string of the molecule is OCc1cc2ccccc2nn1. The molecule has 0 aliphatic heterocycles. The summed E-state index contributed by atoms with van der Waals surface area (Å²) >= 11 is 0.